The van der Waals surface area contributed by atoms with Crippen molar-refractivity contribution >= 4 is 12.0 Å². The van der Waals surface area contributed by atoms with Gasteiger partial charge in [-0.3, -0.25) is 4.79 Å². The quantitative estimate of drug-likeness (QED) is 0.838. The molecule has 21 heavy (non-hydrogen) atoms. The molecule has 0 aromatic heterocycles. The van der Waals surface area contributed by atoms with Crippen LogP contribution in [0.15, 0.2) is 0 Å². The van der Waals surface area contributed by atoms with Gasteiger partial charge in [0.05, 0.1) is 5.41 Å². The molecule has 2 rings (SSSR count). The molecule has 1 saturated carbocycles. The minimum atomic E-state index is -0.778. The summed E-state index contributed by atoms with van der Waals surface area (Å²) in [5, 5.41) is 12.4. The Hall–Kier alpha value is -1.26. The number of urea groups is 1. The zero-order valence-corrected chi connectivity index (χ0v) is 13.3. The maximum Gasteiger partial charge on any atom is 0.317 e. The average Bonchev–Trinajstić information content (AvgIpc) is 2.92. The Morgan fingerprint density at radius 2 is 1.86 bits per heavy atom. The van der Waals surface area contributed by atoms with Crippen molar-refractivity contribution < 1.29 is 14.7 Å². The summed E-state index contributed by atoms with van der Waals surface area (Å²) in [5.41, 5.74) is -0.533. The maximum atomic E-state index is 12.3. The van der Waals surface area contributed by atoms with Crippen LogP contribution in [0.2, 0.25) is 0 Å². The van der Waals surface area contributed by atoms with E-state index in [0.29, 0.717) is 32.5 Å². The first-order valence-electron chi connectivity index (χ1n) is 8.17. The number of carbonyl (C=O) groups is 2. The van der Waals surface area contributed by atoms with Crippen LogP contribution >= 0.6 is 0 Å². The number of hydrogen-bond acceptors (Lipinski definition) is 2. The molecule has 2 fully saturated rings. The highest BCUT2D eigenvalue weighted by Gasteiger charge is 2.44. The fourth-order valence-corrected chi connectivity index (χ4v) is 3.64. The van der Waals surface area contributed by atoms with Gasteiger partial charge in [-0.1, -0.05) is 33.1 Å². The summed E-state index contributed by atoms with van der Waals surface area (Å²) in [5.74, 6) is -0.778. The molecule has 1 saturated heterocycles. The average molecular weight is 296 g/mol. The minimum absolute atomic E-state index is 0.0987. The highest BCUT2D eigenvalue weighted by atomic mass is 16.4. The first-order valence-corrected chi connectivity index (χ1v) is 8.17. The molecule has 0 spiro atoms. The number of amides is 2. The molecule has 1 atom stereocenters. The van der Waals surface area contributed by atoms with Crippen LogP contribution < -0.4 is 5.32 Å². The predicted molar refractivity (Wildman–Crippen MR) is 81.1 cm³/mol. The number of rotatable bonds is 4. The molecule has 1 aliphatic heterocycles. The molecule has 1 unspecified atom stereocenters. The van der Waals surface area contributed by atoms with Crippen molar-refractivity contribution in [1.82, 2.24) is 10.2 Å². The van der Waals surface area contributed by atoms with Gasteiger partial charge in [-0.2, -0.15) is 0 Å². The van der Waals surface area contributed by atoms with E-state index in [-0.39, 0.29) is 11.4 Å². The molecule has 1 heterocycles. The summed E-state index contributed by atoms with van der Waals surface area (Å²) < 4.78 is 0. The van der Waals surface area contributed by atoms with Gasteiger partial charge in [0, 0.05) is 19.6 Å². The highest BCUT2D eigenvalue weighted by Crippen LogP contribution is 2.36. The molecule has 2 amide bonds. The fourth-order valence-electron chi connectivity index (χ4n) is 3.64. The van der Waals surface area contributed by atoms with Crippen molar-refractivity contribution in [2.24, 2.45) is 10.8 Å². The second kappa shape index (κ2) is 6.24. The third-order valence-electron chi connectivity index (χ3n) is 5.50. The highest BCUT2D eigenvalue weighted by molar-refractivity contribution is 5.79. The molecule has 120 valence electrons. The lowest BCUT2D eigenvalue weighted by Gasteiger charge is -2.34. The SMILES string of the molecule is CCC1(C(=O)O)CCN(C(=O)NCC2(C)CCCCC2)C1. The lowest BCUT2D eigenvalue weighted by Crippen LogP contribution is -2.45. The van der Waals surface area contributed by atoms with Gasteiger partial charge >= 0.3 is 12.0 Å². The Balaban J connectivity index is 1.86. The van der Waals surface area contributed by atoms with Crippen molar-refractivity contribution in [1.29, 1.82) is 0 Å². The summed E-state index contributed by atoms with van der Waals surface area (Å²) in [7, 11) is 0. The van der Waals surface area contributed by atoms with Gasteiger partial charge in [0.25, 0.3) is 0 Å². The first kappa shape index (κ1) is 16.1. The van der Waals surface area contributed by atoms with E-state index in [4.69, 9.17) is 0 Å². The largest absolute Gasteiger partial charge is 0.481 e. The summed E-state index contributed by atoms with van der Waals surface area (Å²) in [4.78, 5) is 25.4. The number of carbonyl (C=O) groups excluding carboxylic acids is 1. The van der Waals surface area contributed by atoms with E-state index in [1.807, 2.05) is 6.92 Å². The normalized spacial score (nSPS) is 28.4. The molecule has 5 heteroatoms. The van der Waals surface area contributed by atoms with E-state index in [0.717, 1.165) is 0 Å². The van der Waals surface area contributed by atoms with Crippen LogP contribution in [0.4, 0.5) is 4.79 Å². The van der Waals surface area contributed by atoms with E-state index in [1.165, 1.54) is 32.1 Å². The minimum Gasteiger partial charge on any atom is -0.481 e. The third kappa shape index (κ3) is 3.50. The number of aliphatic carboxylic acids is 1. The number of carboxylic acids is 1. The van der Waals surface area contributed by atoms with Crippen molar-refractivity contribution in [3.05, 3.63) is 0 Å². The van der Waals surface area contributed by atoms with Gasteiger partial charge in [0.2, 0.25) is 0 Å². The van der Waals surface area contributed by atoms with E-state index in [9.17, 15) is 14.7 Å². The number of nitrogens with one attached hydrogen (secondary N) is 1. The maximum absolute atomic E-state index is 12.3. The van der Waals surface area contributed by atoms with Gasteiger partial charge in [-0.25, -0.2) is 4.79 Å². The monoisotopic (exact) mass is 296 g/mol. The van der Waals surface area contributed by atoms with Crippen LogP contribution in [0.1, 0.15) is 58.8 Å². The second-order valence-electron chi connectivity index (χ2n) is 7.14. The lowest BCUT2D eigenvalue weighted by molar-refractivity contribution is -0.148. The predicted octanol–water partition coefficient (Wildman–Crippen LogP) is 2.85. The first-order chi connectivity index (χ1) is 9.91. The summed E-state index contributed by atoms with van der Waals surface area (Å²) in [6.07, 6.45) is 7.26. The van der Waals surface area contributed by atoms with E-state index in [1.54, 1.807) is 4.90 Å². The molecule has 5 nitrogen and oxygen atoms in total. The van der Waals surface area contributed by atoms with Gasteiger partial charge in [-0.15, -0.1) is 0 Å². The Labute approximate surface area is 127 Å². The third-order valence-corrected chi connectivity index (χ3v) is 5.50. The second-order valence-corrected chi connectivity index (χ2v) is 7.14. The number of carboxylic acid groups (broad SMARTS) is 1. The Morgan fingerprint density at radius 1 is 1.19 bits per heavy atom. The lowest BCUT2D eigenvalue weighted by atomic mass is 9.76. The molecule has 0 aromatic rings. The van der Waals surface area contributed by atoms with Crippen LogP contribution in [0.25, 0.3) is 0 Å². The zero-order chi connectivity index (χ0) is 15.5. The van der Waals surface area contributed by atoms with Gasteiger partial charge < -0.3 is 15.3 Å². The zero-order valence-electron chi connectivity index (χ0n) is 13.3. The molecular formula is C16H28N2O3. The fraction of sp³-hybridized carbons (Fsp3) is 0.875. The topological polar surface area (TPSA) is 69.6 Å². The molecule has 1 aliphatic carbocycles. The van der Waals surface area contributed by atoms with Crippen LogP contribution in [-0.4, -0.2) is 41.6 Å². The molecule has 0 bridgehead atoms. The molecule has 2 N–H and O–H groups in total. The van der Waals surface area contributed by atoms with Crippen molar-refractivity contribution in [2.75, 3.05) is 19.6 Å². The van der Waals surface area contributed by atoms with Crippen LogP contribution in [0.3, 0.4) is 0 Å². The van der Waals surface area contributed by atoms with Gasteiger partial charge in [-0.05, 0) is 31.1 Å². The number of nitrogens with zero attached hydrogens (tertiary/aromatic N) is 1. The summed E-state index contributed by atoms with van der Waals surface area (Å²) in [6, 6.07) is -0.0987. The van der Waals surface area contributed by atoms with Crippen LogP contribution in [0, 0.1) is 10.8 Å². The molecule has 2 aliphatic rings. The Kier molecular flexibility index (Phi) is 4.79. The summed E-state index contributed by atoms with van der Waals surface area (Å²) >= 11 is 0. The Bertz CT molecular complexity index is 404. The van der Waals surface area contributed by atoms with Crippen molar-refractivity contribution in [3.8, 4) is 0 Å². The van der Waals surface area contributed by atoms with Crippen molar-refractivity contribution in [2.45, 2.75) is 58.8 Å². The number of hydrogen-bond donors (Lipinski definition) is 2. The van der Waals surface area contributed by atoms with Crippen LogP contribution in [-0.2, 0) is 4.79 Å². The van der Waals surface area contributed by atoms with Crippen LogP contribution in [0.5, 0.6) is 0 Å². The van der Waals surface area contributed by atoms with Crippen molar-refractivity contribution in [3.63, 3.8) is 0 Å². The van der Waals surface area contributed by atoms with E-state index in [2.05, 4.69) is 12.2 Å². The smallest absolute Gasteiger partial charge is 0.317 e. The molecule has 0 radical (unpaired) electrons. The van der Waals surface area contributed by atoms with E-state index >= 15 is 0 Å². The number of likely N-dealkylation sites (tertiary alicyclic amines) is 1. The van der Waals surface area contributed by atoms with E-state index < -0.39 is 11.4 Å². The molecular weight excluding hydrogens is 268 g/mol. The standard InChI is InChI=1S/C16H28N2O3/c1-3-16(13(19)20)9-10-18(12-16)14(21)17-11-15(2)7-5-4-6-8-15/h3-12H2,1-2H3,(H,17,21)(H,19,20). The molecule has 0 aromatic carbocycles. The Morgan fingerprint density at radius 3 is 2.38 bits per heavy atom. The van der Waals surface area contributed by atoms with Gasteiger partial charge in [0.1, 0.15) is 0 Å². The van der Waals surface area contributed by atoms with Gasteiger partial charge in [0.15, 0.2) is 0 Å². The summed E-state index contributed by atoms with van der Waals surface area (Å²) in [6.45, 7) is 5.71.